The molecule has 1 heterocycles. The predicted octanol–water partition coefficient (Wildman–Crippen LogP) is 4.13. The van der Waals surface area contributed by atoms with E-state index < -0.39 is 6.10 Å². The van der Waals surface area contributed by atoms with Crippen LogP contribution in [-0.4, -0.2) is 28.6 Å². The second kappa shape index (κ2) is 8.81. The molecule has 2 atom stereocenters. The maximum absolute atomic E-state index is 10.1. The van der Waals surface area contributed by atoms with Crippen LogP contribution in [0.4, 0.5) is 0 Å². The number of benzene rings is 1. The van der Waals surface area contributed by atoms with E-state index in [0.717, 1.165) is 17.2 Å². The zero-order chi connectivity index (χ0) is 15.8. The maximum atomic E-state index is 10.1. The number of hydrogen-bond acceptors (Lipinski definition) is 4. The lowest BCUT2D eigenvalue weighted by Crippen LogP contribution is -2.20. The van der Waals surface area contributed by atoms with Gasteiger partial charge in [-0.3, -0.25) is 0 Å². The van der Waals surface area contributed by atoms with Crippen molar-refractivity contribution in [2.75, 3.05) is 12.4 Å². The van der Waals surface area contributed by atoms with Crippen LogP contribution in [0.1, 0.15) is 31.7 Å². The summed E-state index contributed by atoms with van der Waals surface area (Å²) in [5, 5.41) is 11.0. The summed E-state index contributed by atoms with van der Waals surface area (Å²) in [5.41, 5.74) is 1.20. The van der Waals surface area contributed by atoms with Crippen LogP contribution in [0.2, 0.25) is 0 Å². The average Bonchev–Trinajstić information content (AvgIpc) is 2.58. The number of aliphatic hydroxyl groups excluding tert-OH is 1. The largest absolute Gasteiger partial charge is 0.491 e. The van der Waals surface area contributed by atoms with Gasteiger partial charge in [-0.25, -0.2) is 4.98 Å². The molecular weight excluding hydrogens is 294 g/mol. The van der Waals surface area contributed by atoms with Crippen LogP contribution in [-0.2, 0) is 0 Å². The van der Waals surface area contributed by atoms with Crippen molar-refractivity contribution in [3.63, 3.8) is 0 Å². The smallest absolute Gasteiger partial charge is 0.122 e. The summed E-state index contributed by atoms with van der Waals surface area (Å²) < 4.78 is 5.83. The molecule has 0 spiro atoms. The van der Waals surface area contributed by atoms with E-state index in [-0.39, 0.29) is 0 Å². The molecule has 22 heavy (non-hydrogen) atoms. The molecule has 118 valence electrons. The van der Waals surface area contributed by atoms with Crippen molar-refractivity contribution in [2.45, 2.75) is 37.3 Å². The van der Waals surface area contributed by atoms with Crippen LogP contribution in [0.25, 0.3) is 0 Å². The Hall–Kier alpha value is -1.52. The molecule has 1 aromatic carbocycles. The van der Waals surface area contributed by atoms with Gasteiger partial charge in [-0.1, -0.05) is 38.1 Å². The first-order valence-corrected chi connectivity index (χ1v) is 8.63. The SMILES string of the molecule is CCC(C)c1ccccc1OCC(O)CSc1ccccn1. The van der Waals surface area contributed by atoms with Crippen molar-refractivity contribution in [3.8, 4) is 5.75 Å². The van der Waals surface area contributed by atoms with Gasteiger partial charge in [0.25, 0.3) is 0 Å². The van der Waals surface area contributed by atoms with Crippen molar-refractivity contribution in [1.82, 2.24) is 4.98 Å². The maximum Gasteiger partial charge on any atom is 0.122 e. The highest BCUT2D eigenvalue weighted by atomic mass is 32.2. The van der Waals surface area contributed by atoms with Crippen molar-refractivity contribution >= 4 is 11.8 Å². The predicted molar refractivity (Wildman–Crippen MR) is 91.6 cm³/mol. The van der Waals surface area contributed by atoms with Crippen LogP contribution >= 0.6 is 11.8 Å². The van der Waals surface area contributed by atoms with E-state index in [9.17, 15) is 5.11 Å². The highest BCUT2D eigenvalue weighted by Crippen LogP contribution is 2.28. The molecule has 0 amide bonds. The van der Waals surface area contributed by atoms with Gasteiger partial charge in [-0.05, 0) is 36.1 Å². The summed E-state index contributed by atoms with van der Waals surface area (Å²) in [7, 11) is 0. The summed E-state index contributed by atoms with van der Waals surface area (Å²) in [4.78, 5) is 4.23. The molecule has 0 bridgehead atoms. The number of ether oxygens (including phenoxy) is 1. The summed E-state index contributed by atoms with van der Waals surface area (Å²) in [6, 6.07) is 13.8. The highest BCUT2D eigenvalue weighted by molar-refractivity contribution is 7.99. The second-order valence-corrected chi connectivity index (χ2v) is 6.33. The van der Waals surface area contributed by atoms with E-state index in [1.807, 2.05) is 36.4 Å². The molecule has 2 aromatic rings. The lowest BCUT2D eigenvalue weighted by Gasteiger charge is -2.17. The minimum Gasteiger partial charge on any atom is -0.491 e. The quantitative estimate of drug-likeness (QED) is 0.744. The number of nitrogens with zero attached hydrogens (tertiary/aromatic N) is 1. The molecule has 0 radical (unpaired) electrons. The molecule has 0 saturated heterocycles. The Bertz CT molecular complexity index is 562. The molecule has 4 heteroatoms. The third-order valence-corrected chi connectivity index (χ3v) is 4.64. The zero-order valence-electron chi connectivity index (χ0n) is 13.1. The molecule has 2 rings (SSSR count). The van der Waals surface area contributed by atoms with E-state index in [1.54, 1.807) is 6.20 Å². The lowest BCUT2D eigenvalue weighted by atomic mass is 9.98. The first-order chi connectivity index (χ1) is 10.7. The fraction of sp³-hybridized carbons (Fsp3) is 0.389. The average molecular weight is 317 g/mol. The van der Waals surface area contributed by atoms with Gasteiger partial charge in [0.05, 0.1) is 11.1 Å². The molecule has 1 aromatic heterocycles. The van der Waals surface area contributed by atoms with Gasteiger partial charge in [-0.15, -0.1) is 11.8 Å². The van der Waals surface area contributed by atoms with Gasteiger partial charge in [0.2, 0.25) is 0 Å². The number of pyridine rings is 1. The molecular formula is C18H23NO2S. The topological polar surface area (TPSA) is 42.4 Å². The summed E-state index contributed by atoms with van der Waals surface area (Å²) >= 11 is 1.54. The van der Waals surface area contributed by atoms with Crippen molar-refractivity contribution in [3.05, 3.63) is 54.2 Å². The fourth-order valence-electron chi connectivity index (χ4n) is 2.09. The van der Waals surface area contributed by atoms with Crippen molar-refractivity contribution in [1.29, 1.82) is 0 Å². The van der Waals surface area contributed by atoms with E-state index >= 15 is 0 Å². The number of para-hydroxylation sites is 1. The van der Waals surface area contributed by atoms with E-state index in [1.165, 1.54) is 17.3 Å². The summed E-state index contributed by atoms with van der Waals surface area (Å²) in [6.07, 6.45) is 2.31. The molecule has 0 saturated carbocycles. The number of hydrogen-bond donors (Lipinski definition) is 1. The molecule has 1 N–H and O–H groups in total. The number of aliphatic hydroxyl groups is 1. The molecule has 2 unspecified atom stereocenters. The van der Waals surface area contributed by atoms with Crippen LogP contribution < -0.4 is 4.74 Å². The number of thioether (sulfide) groups is 1. The van der Waals surface area contributed by atoms with Gasteiger partial charge in [-0.2, -0.15) is 0 Å². The first kappa shape index (κ1) is 16.8. The second-order valence-electron chi connectivity index (χ2n) is 5.29. The molecule has 0 aliphatic heterocycles. The fourth-order valence-corrected chi connectivity index (χ4v) is 2.86. The molecule has 0 aliphatic carbocycles. The van der Waals surface area contributed by atoms with E-state index in [4.69, 9.17) is 4.74 Å². The Labute approximate surface area is 136 Å². The van der Waals surface area contributed by atoms with Gasteiger partial charge in [0.1, 0.15) is 12.4 Å². The standard InChI is InChI=1S/C18H23NO2S/c1-3-14(2)16-8-4-5-9-17(16)21-12-15(20)13-22-18-10-6-7-11-19-18/h4-11,14-15,20H,3,12-13H2,1-2H3. The Morgan fingerprint density at radius 2 is 1.95 bits per heavy atom. The van der Waals surface area contributed by atoms with Gasteiger partial charge < -0.3 is 9.84 Å². The number of rotatable bonds is 8. The van der Waals surface area contributed by atoms with Crippen molar-refractivity contribution in [2.24, 2.45) is 0 Å². The minimum absolute atomic E-state index is 0.299. The van der Waals surface area contributed by atoms with E-state index in [2.05, 4.69) is 24.9 Å². The van der Waals surface area contributed by atoms with Crippen LogP contribution in [0, 0.1) is 0 Å². The van der Waals surface area contributed by atoms with Crippen LogP contribution in [0.3, 0.4) is 0 Å². The number of aromatic nitrogens is 1. The zero-order valence-corrected chi connectivity index (χ0v) is 13.9. The third kappa shape index (κ3) is 5.04. The molecule has 0 aliphatic rings. The third-order valence-electron chi connectivity index (χ3n) is 3.55. The van der Waals surface area contributed by atoms with Crippen LogP contribution in [0.15, 0.2) is 53.7 Å². The molecule has 3 nitrogen and oxygen atoms in total. The van der Waals surface area contributed by atoms with Crippen molar-refractivity contribution < 1.29 is 9.84 Å². The Balaban J connectivity index is 1.85. The first-order valence-electron chi connectivity index (χ1n) is 7.64. The normalized spacial score (nSPS) is 13.6. The monoisotopic (exact) mass is 317 g/mol. The highest BCUT2D eigenvalue weighted by Gasteiger charge is 2.12. The Morgan fingerprint density at radius 3 is 2.68 bits per heavy atom. The Morgan fingerprint density at radius 1 is 1.18 bits per heavy atom. The Kier molecular flexibility index (Phi) is 6.74. The van der Waals surface area contributed by atoms with Crippen LogP contribution in [0.5, 0.6) is 5.75 Å². The summed E-state index contributed by atoms with van der Waals surface area (Å²) in [6.45, 7) is 4.66. The van der Waals surface area contributed by atoms with Gasteiger partial charge in [0, 0.05) is 11.9 Å². The van der Waals surface area contributed by atoms with Gasteiger partial charge >= 0.3 is 0 Å². The minimum atomic E-state index is -0.517. The van der Waals surface area contributed by atoms with E-state index in [0.29, 0.717) is 18.3 Å². The lowest BCUT2D eigenvalue weighted by molar-refractivity contribution is 0.125. The molecule has 0 fully saturated rings. The summed E-state index contributed by atoms with van der Waals surface area (Å²) in [5.74, 6) is 1.90. The van der Waals surface area contributed by atoms with Gasteiger partial charge in [0.15, 0.2) is 0 Å².